The molecular formula is C20H18FN3O2. The van der Waals surface area contributed by atoms with Crippen molar-refractivity contribution in [3.8, 4) is 22.4 Å². The molecule has 0 atom stereocenters. The Morgan fingerprint density at radius 1 is 1.15 bits per heavy atom. The highest BCUT2D eigenvalue weighted by Gasteiger charge is 2.47. The van der Waals surface area contributed by atoms with Crippen LogP contribution in [0.5, 0.6) is 0 Å². The van der Waals surface area contributed by atoms with Gasteiger partial charge in [-0.25, -0.2) is 9.18 Å². The van der Waals surface area contributed by atoms with E-state index in [9.17, 15) is 14.3 Å². The first-order valence-corrected chi connectivity index (χ1v) is 8.38. The number of carboxylic acid groups (broad SMARTS) is 1. The lowest BCUT2D eigenvalue weighted by molar-refractivity contribution is 0.188. The van der Waals surface area contributed by atoms with Crippen LogP contribution < -0.4 is 5.32 Å². The first kappa shape index (κ1) is 16.3. The van der Waals surface area contributed by atoms with Crippen molar-refractivity contribution in [2.24, 2.45) is 7.05 Å². The van der Waals surface area contributed by atoms with Crippen LogP contribution in [-0.2, 0) is 12.6 Å². The second-order valence-corrected chi connectivity index (χ2v) is 6.65. The van der Waals surface area contributed by atoms with Crippen molar-refractivity contribution in [1.82, 2.24) is 15.1 Å². The minimum atomic E-state index is -1.03. The number of amides is 1. The van der Waals surface area contributed by atoms with Gasteiger partial charge in [0.05, 0.1) is 11.2 Å². The van der Waals surface area contributed by atoms with Gasteiger partial charge < -0.3 is 10.4 Å². The normalized spacial score (nSPS) is 14.8. The minimum Gasteiger partial charge on any atom is -0.465 e. The summed E-state index contributed by atoms with van der Waals surface area (Å²) in [6, 6.07) is 14.1. The largest absolute Gasteiger partial charge is 0.465 e. The van der Waals surface area contributed by atoms with Gasteiger partial charge in [0.15, 0.2) is 0 Å². The smallest absolute Gasteiger partial charge is 0.405 e. The highest BCUT2D eigenvalue weighted by molar-refractivity contribution is 5.77. The molecule has 0 saturated heterocycles. The van der Waals surface area contributed by atoms with E-state index >= 15 is 0 Å². The molecule has 2 N–H and O–H groups in total. The summed E-state index contributed by atoms with van der Waals surface area (Å²) in [5.74, 6) is -0.280. The summed E-state index contributed by atoms with van der Waals surface area (Å²) in [6.07, 6.45) is 2.34. The van der Waals surface area contributed by atoms with Crippen LogP contribution in [0.4, 0.5) is 9.18 Å². The Balaban J connectivity index is 1.84. The van der Waals surface area contributed by atoms with Gasteiger partial charge in [-0.15, -0.1) is 0 Å². The van der Waals surface area contributed by atoms with Gasteiger partial charge in [-0.2, -0.15) is 5.10 Å². The van der Waals surface area contributed by atoms with Crippen molar-refractivity contribution in [1.29, 1.82) is 0 Å². The summed E-state index contributed by atoms with van der Waals surface area (Å²) in [6.45, 7) is 0. The van der Waals surface area contributed by atoms with Crippen LogP contribution in [0.25, 0.3) is 22.4 Å². The van der Waals surface area contributed by atoms with Crippen LogP contribution in [-0.4, -0.2) is 21.0 Å². The van der Waals surface area contributed by atoms with Crippen molar-refractivity contribution in [2.75, 3.05) is 0 Å². The van der Waals surface area contributed by atoms with E-state index in [2.05, 4.69) is 10.4 Å². The van der Waals surface area contributed by atoms with Gasteiger partial charge in [-0.3, -0.25) is 4.68 Å². The van der Waals surface area contributed by atoms with Crippen molar-refractivity contribution in [3.63, 3.8) is 0 Å². The standard InChI is InChI=1S/C20H18FN3O2/c1-24-11-8-18(23-24)16-12-14(13-2-5-15(21)6-3-13)4-7-17(16)20(9-10-20)22-19(25)26/h2-8,11-12,22H,9-10H2,1H3,(H,25,26). The molecule has 0 aliphatic heterocycles. The summed E-state index contributed by atoms with van der Waals surface area (Å²) in [5.41, 5.74) is 3.86. The van der Waals surface area contributed by atoms with Crippen LogP contribution >= 0.6 is 0 Å². The number of benzene rings is 2. The first-order valence-electron chi connectivity index (χ1n) is 8.38. The Labute approximate surface area is 150 Å². The van der Waals surface area contributed by atoms with Gasteiger partial charge in [-0.1, -0.05) is 24.3 Å². The lowest BCUT2D eigenvalue weighted by Crippen LogP contribution is -2.33. The maximum Gasteiger partial charge on any atom is 0.405 e. The predicted octanol–water partition coefficient (Wildman–Crippen LogP) is 4.15. The van der Waals surface area contributed by atoms with E-state index in [0.717, 1.165) is 40.8 Å². The number of nitrogens with zero attached hydrogens (tertiary/aromatic N) is 2. The maximum atomic E-state index is 13.2. The average Bonchev–Trinajstić information content (AvgIpc) is 3.25. The monoisotopic (exact) mass is 351 g/mol. The molecule has 1 heterocycles. The Hall–Kier alpha value is -3.15. The topological polar surface area (TPSA) is 67.2 Å². The first-order chi connectivity index (χ1) is 12.5. The van der Waals surface area contributed by atoms with Gasteiger partial charge in [0, 0.05) is 18.8 Å². The molecule has 0 unspecified atom stereocenters. The summed E-state index contributed by atoms with van der Waals surface area (Å²) >= 11 is 0. The molecule has 6 heteroatoms. The molecule has 0 radical (unpaired) electrons. The lowest BCUT2D eigenvalue weighted by Gasteiger charge is -2.20. The molecule has 5 nitrogen and oxygen atoms in total. The third-order valence-corrected chi connectivity index (χ3v) is 4.80. The Bertz CT molecular complexity index is 975. The summed E-state index contributed by atoms with van der Waals surface area (Å²) in [4.78, 5) is 11.2. The summed E-state index contributed by atoms with van der Waals surface area (Å²) in [7, 11) is 1.84. The third kappa shape index (κ3) is 2.94. The van der Waals surface area contributed by atoms with E-state index in [1.54, 1.807) is 16.8 Å². The fourth-order valence-electron chi connectivity index (χ4n) is 3.35. The van der Waals surface area contributed by atoms with E-state index in [4.69, 9.17) is 0 Å². The molecule has 1 aromatic heterocycles. The second kappa shape index (κ2) is 5.98. The Morgan fingerprint density at radius 3 is 2.42 bits per heavy atom. The fourth-order valence-corrected chi connectivity index (χ4v) is 3.35. The van der Waals surface area contributed by atoms with Gasteiger partial charge >= 0.3 is 6.09 Å². The molecule has 4 rings (SSSR count). The van der Waals surface area contributed by atoms with Crippen LogP contribution in [0.3, 0.4) is 0 Å². The van der Waals surface area contributed by atoms with E-state index in [1.165, 1.54) is 12.1 Å². The number of aromatic nitrogens is 2. The third-order valence-electron chi connectivity index (χ3n) is 4.80. The molecule has 1 saturated carbocycles. The molecule has 1 aliphatic rings. The summed E-state index contributed by atoms with van der Waals surface area (Å²) < 4.78 is 14.9. The van der Waals surface area contributed by atoms with E-state index in [-0.39, 0.29) is 5.82 Å². The zero-order valence-corrected chi connectivity index (χ0v) is 14.2. The zero-order valence-electron chi connectivity index (χ0n) is 14.2. The highest BCUT2D eigenvalue weighted by Crippen LogP contribution is 2.49. The molecule has 0 bridgehead atoms. The SMILES string of the molecule is Cn1ccc(-c2cc(-c3ccc(F)cc3)ccc2C2(NC(=O)O)CC2)n1. The number of aryl methyl sites for hydroxylation is 1. The lowest BCUT2D eigenvalue weighted by atomic mass is 9.92. The van der Waals surface area contributed by atoms with Crippen LogP contribution in [0, 0.1) is 5.82 Å². The highest BCUT2D eigenvalue weighted by atomic mass is 19.1. The second-order valence-electron chi connectivity index (χ2n) is 6.65. The minimum absolute atomic E-state index is 0.280. The van der Waals surface area contributed by atoms with E-state index in [1.807, 2.05) is 37.5 Å². The molecule has 1 amide bonds. The summed E-state index contributed by atoms with van der Waals surface area (Å²) in [5, 5.41) is 16.4. The Kier molecular flexibility index (Phi) is 3.76. The van der Waals surface area contributed by atoms with Gasteiger partial charge in [0.1, 0.15) is 5.82 Å². The van der Waals surface area contributed by atoms with Crippen molar-refractivity contribution >= 4 is 6.09 Å². The number of nitrogens with one attached hydrogen (secondary N) is 1. The molecule has 1 fully saturated rings. The molecule has 2 aromatic carbocycles. The molecule has 3 aromatic rings. The number of carbonyl (C=O) groups is 1. The number of hydrogen-bond acceptors (Lipinski definition) is 2. The maximum absolute atomic E-state index is 13.2. The quantitative estimate of drug-likeness (QED) is 0.742. The Morgan fingerprint density at radius 2 is 1.85 bits per heavy atom. The molecule has 0 spiro atoms. The van der Waals surface area contributed by atoms with Crippen molar-refractivity contribution < 1.29 is 14.3 Å². The van der Waals surface area contributed by atoms with Gasteiger partial charge in [0.25, 0.3) is 0 Å². The number of halogens is 1. The average molecular weight is 351 g/mol. The zero-order chi connectivity index (χ0) is 18.3. The van der Waals surface area contributed by atoms with E-state index in [0.29, 0.717) is 0 Å². The van der Waals surface area contributed by atoms with Crippen molar-refractivity contribution in [3.05, 3.63) is 66.1 Å². The fraction of sp³-hybridized carbons (Fsp3) is 0.200. The molecule has 1 aliphatic carbocycles. The number of rotatable bonds is 4. The molecule has 26 heavy (non-hydrogen) atoms. The van der Waals surface area contributed by atoms with Gasteiger partial charge in [0.2, 0.25) is 0 Å². The predicted molar refractivity (Wildman–Crippen MR) is 96.1 cm³/mol. The van der Waals surface area contributed by atoms with Crippen LogP contribution in [0.1, 0.15) is 18.4 Å². The number of hydrogen-bond donors (Lipinski definition) is 2. The van der Waals surface area contributed by atoms with Crippen LogP contribution in [0.15, 0.2) is 54.7 Å². The van der Waals surface area contributed by atoms with Crippen LogP contribution in [0.2, 0.25) is 0 Å². The van der Waals surface area contributed by atoms with E-state index < -0.39 is 11.6 Å². The van der Waals surface area contributed by atoms with Crippen molar-refractivity contribution in [2.45, 2.75) is 18.4 Å². The molecule has 132 valence electrons. The van der Waals surface area contributed by atoms with Gasteiger partial charge in [-0.05, 0) is 53.8 Å². The molecular weight excluding hydrogens is 333 g/mol.